The Morgan fingerprint density at radius 1 is 1.60 bits per heavy atom. The van der Waals surface area contributed by atoms with Crippen LogP contribution in [0.5, 0.6) is 5.75 Å². The van der Waals surface area contributed by atoms with Gasteiger partial charge in [0.1, 0.15) is 34.2 Å². The van der Waals surface area contributed by atoms with Crippen molar-refractivity contribution in [3.63, 3.8) is 0 Å². The van der Waals surface area contributed by atoms with E-state index in [4.69, 9.17) is 16.2 Å². The monoisotopic (exact) mass is 474 g/mol. The standard InChI is InChI=1S/C12H12BrIO5S/c1-16-11(15)12(7-18-20-19-14)4-5-17-10-3-2-8(13)6-9(10)12/h2-3,6H,4-5,7H2,1H3. The molecule has 0 fully saturated rings. The van der Waals surface area contributed by atoms with Crippen LogP contribution in [0.1, 0.15) is 12.0 Å². The van der Waals surface area contributed by atoms with Crippen LogP contribution in [-0.2, 0) is 21.6 Å². The summed E-state index contributed by atoms with van der Waals surface area (Å²) in [5.41, 5.74) is -0.118. The van der Waals surface area contributed by atoms with Crippen LogP contribution in [0, 0.1) is 0 Å². The molecule has 1 aliphatic rings. The van der Waals surface area contributed by atoms with Crippen LogP contribution in [-0.4, -0.2) is 26.3 Å². The summed E-state index contributed by atoms with van der Waals surface area (Å²) >= 11 is 5.96. The highest BCUT2D eigenvalue weighted by molar-refractivity contribution is 14.1. The van der Waals surface area contributed by atoms with Crippen molar-refractivity contribution in [1.29, 1.82) is 0 Å². The van der Waals surface area contributed by atoms with Crippen LogP contribution in [0.15, 0.2) is 22.7 Å². The number of hydrogen-bond donors (Lipinski definition) is 0. The molecule has 0 saturated heterocycles. The summed E-state index contributed by atoms with van der Waals surface area (Å²) < 4.78 is 21.6. The molecule has 0 amide bonds. The van der Waals surface area contributed by atoms with Gasteiger partial charge in [0.15, 0.2) is 12.3 Å². The van der Waals surface area contributed by atoms with Crippen LogP contribution in [0.2, 0.25) is 0 Å². The molecule has 0 aromatic heterocycles. The van der Waals surface area contributed by atoms with Gasteiger partial charge in [-0.1, -0.05) is 15.9 Å². The molecule has 1 unspecified atom stereocenters. The van der Waals surface area contributed by atoms with E-state index in [1.54, 1.807) is 23.0 Å². The first kappa shape index (κ1) is 16.3. The van der Waals surface area contributed by atoms with E-state index in [1.165, 1.54) is 7.11 Å². The maximum atomic E-state index is 12.3. The van der Waals surface area contributed by atoms with Crippen molar-refractivity contribution in [2.24, 2.45) is 0 Å². The molecule has 0 bridgehead atoms. The second kappa shape index (κ2) is 7.30. The number of rotatable bonds is 5. The highest BCUT2D eigenvalue weighted by Crippen LogP contribution is 2.42. The van der Waals surface area contributed by atoms with E-state index in [0.717, 1.165) is 22.4 Å². The number of carbonyl (C=O) groups is 1. The predicted octanol–water partition coefficient (Wildman–Crippen LogP) is 3.59. The lowest BCUT2D eigenvalue weighted by molar-refractivity contribution is -0.150. The van der Waals surface area contributed by atoms with Crippen molar-refractivity contribution < 1.29 is 21.0 Å². The van der Waals surface area contributed by atoms with E-state index in [2.05, 4.69) is 15.9 Å². The van der Waals surface area contributed by atoms with Crippen molar-refractivity contribution in [2.75, 3.05) is 20.3 Å². The van der Waals surface area contributed by atoms with Gasteiger partial charge in [0.25, 0.3) is 0 Å². The minimum absolute atomic E-state index is 0.153. The smallest absolute Gasteiger partial charge is 0.318 e. The van der Waals surface area contributed by atoms with Crippen molar-refractivity contribution in [2.45, 2.75) is 11.8 Å². The number of methoxy groups -OCH3 is 1. The number of ether oxygens (including phenoxy) is 2. The van der Waals surface area contributed by atoms with E-state index < -0.39 is 5.41 Å². The molecule has 0 saturated carbocycles. The molecule has 0 radical (unpaired) electrons. The lowest BCUT2D eigenvalue weighted by atomic mass is 9.76. The van der Waals surface area contributed by atoms with E-state index in [-0.39, 0.29) is 12.6 Å². The Kier molecular flexibility index (Phi) is 5.96. The average Bonchev–Trinajstić information content (AvgIpc) is 2.47. The lowest BCUT2D eigenvalue weighted by Crippen LogP contribution is -2.44. The first-order chi connectivity index (χ1) is 9.64. The molecule has 8 heteroatoms. The van der Waals surface area contributed by atoms with Gasteiger partial charge < -0.3 is 9.47 Å². The third kappa shape index (κ3) is 3.24. The second-order valence-electron chi connectivity index (χ2n) is 4.21. The zero-order valence-corrected chi connectivity index (χ0v) is 15.1. The molecule has 20 heavy (non-hydrogen) atoms. The van der Waals surface area contributed by atoms with Crippen LogP contribution in [0.4, 0.5) is 0 Å². The topological polar surface area (TPSA) is 54.0 Å². The first-order valence-electron chi connectivity index (χ1n) is 5.72. The molecule has 1 atom stereocenters. The summed E-state index contributed by atoms with van der Waals surface area (Å²) in [5.74, 6) is 0.336. The molecule has 1 heterocycles. The number of halogens is 2. The van der Waals surface area contributed by atoms with Crippen molar-refractivity contribution in [3.8, 4) is 5.75 Å². The van der Waals surface area contributed by atoms with Gasteiger partial charge in [-0.05, 0) is 18.2 Å². The van der Waals surface area contributed by atoms with Gasteiger partial charge in [0.05, 0.1) is 20.3 Å². The van der Waals surface area contributed by atoms with Crippen LogP contribution in [0.3, 0.4) is 0 Å². The Morgan fingerprint density at radius 2 is 2.40 bits per heavy atom. The highest BCUT2D eigenvalue weighted by Gasteiger charge is 2.46. The summed E-state index contributed by atoms with van der Waals surface area (Å²) in [5, 5.41) is 0. The van der Waals surface area contributed by atoms with Gasteiger partial charge in [-0.2, -0.15) is 0 Å². The van der Waals surface area contributed by atoms with Gasteiger partial charge in [-0.15, -0.1) is 0 Å². The zero-order valence-electron chi connectivity index (χ0n) is 10.6. The minimum atomic E-state index is -0.881. The normalized spacial score (nSPS) is 20.9. The maximum absolute atomic E-state index is 12.3. The molecule has 0 spiro atoms. The van der Waals surface area contributed by atoms with Crippen molar-refractivity contribution >= 4 is 57.2 Å². The third-order valence-electron chi connectivity index (χ3n) is 3.20. The summed E-state index contributed by atoms with van der Waals surface area (Å²) in [4.78, 5) is 12.3. The zero-order chi connectivity index (χ0) is 14.6. The average molecular weight is 475 g/mol. The molecule has 0 N–H and O–H groups in total. The summed E-state index contributed by atoms with van der Waals surface area (Å²) in [6.45, 7) is 0.586. The fraction of sp³-hybridized carbons (Fsp3) is 0.417. The Bertz CT molecular complexity index is 501. The van der Waals surface area contributed by atoms with Crippen molar-refractivity contribution in [3.05, 3.63) is 28.2 Å². The predicted molar refractivity (Wildman–Crippen MR) is 86.6 cm³/mol. The van der Waals surface area contributed by atoms with Gasteiger partial charge in [0.2, 0.25) is 0 Å². The summed E-state index contributed by atoms with van der Waals surface area (Å²) in [6, 6.07) is 5.57. The number of carbonyl (C=O) groups excluding carboxylic acids is 1. The molecule has 1 aliphatic heterocycles. The first-order valence-corrected chi connectivity index (χ1v) is 8.06. The van der Waals surface area contributed by atoms with E-state index in [0.29, 0.717) is 18.8 Å². The third-order valence-corrected chi connectivity index (χ3v) is 4.40. The molecule has 5 nitrogen and oxygen atoms in total. The molecular formula is C12H12BrIO5S. The van der Waals surface area contributed by atoms with E-state index in [1.807, 2.05) is 18.2 Å². The fourth-order valence-electron chi connectivity index (χ4n) is 2.23. The summed E-state index contributed by atoms with van der Waals surface area (Å²) in [7, 11) is 1.37. The SMILES string of the molecule is COC(=O)C1(COSOI)CCOc2ccc(Br)cc21. The summed E-state index contributed by atoms with van der Waals surface area (Å²) in [6.07, 6.45) is 0.491. The number of fused-ring (bicyclic) bond motifs is 1. The van der Waals surface area contributed by atoms with Gasteiger partial charge in [-0.25, -0.2) is 2.51 Å². The lowest BCUT2D eigenvalue weighted by Gasteiger charge is -2.35. The molecule has 2 rings (SSSR count). The number of hydrogen-bond acceptors (Lipinski definition) is 6. The number of esters is 1. The maximum Gasteiger partial charge on any atom is 0.318 e. The van der Waals surface area contributed by atoms with Crippen LogP contribution < -0.4 is 4.74 Å². The minimum Gasteiger partial charge on any atom is -0.493 e. The Hall–Kier alpha value is -0.0300. The largest absolute Gasteiger partial charge is 0.493 e. The van der Waals surface area contributed by atoms with Crippen LogP contribution >= 0.6 is 51.3 Å². The Labute approximate surface area is 143 Å². The molecule has 1 aromatic rings. The van der Waals surface area contributed by atoms with Gasteiger partial charge in [0, 0.05) is 16.5 Å². The van der Waals surface area contributed by atoms with Crippen LogP contribution in [0.25, 0.3) is 0 Å². The van der Waals surface area contributed by atoms with Gasteiger partial charge >= 0.3 is 5.97 Å². The van der Waals surface area contributed by atoms with E-state index >= 15 is 0 Å². The quantitative estimate of drug-likeness (QED) is 0.281. The second-order valence-corrected chi connectivity index (χ2v) is 6.70. The Morgan fingerprint density at radius 3 is 3.10 bits per heavy atom. The number of benzene rings is 1. The highest BCUT2D eigenvalue weighted by atomic mass is 127. The van der Waals surface area contributed by atoms with Gasteiger partial charge in [-0.3, -0.25) is 8.98 Å². The molecular weight excluding hydrogens is 463 g/mol. The molecule has 110 valence electrons. The van der Waals surface area contributed by atoms with Crippen molar-refractivity contribution in [1.82, 2.24) is 0 Å². The molecule has 1 aromatic carbocycles. The fourth-order valence-corrected chi connectivity index (χ4v) is 3.19. The van der Waals surface area contributed by atoms with E-state index in [9.17, 15) is 4.79 Å². The molecule has 0 aliphatic carbocycles. The Balaban J connectivity index is 2.42.